The van der Waals surface area contributed by atoms with Gasteiger partial charge in [-0.1, -0.05) is 0 Å². The van der Waals surface area contributed by atoms with Gasteiger partial charge in [-0.05, 0) is 61.5 Å². The normalized spacial score (nSPS) is 11.6. The predicted molar refractivity (Wildman–Crippen MR) is 78.5 cm³/mol. The fourth-order valence-corrected chi connectivity index (χ4v) is 3.28. The number of hydrogen-bond acceptors (Lipinski definition) is 2. The van der Waals surface area contributed by atoms with Crippen LogP contribution in [0.15, 0.2) is 38.6 Å². The first-order chi connectivity index (χ1) is 8.88. The van der Waals surface area contributed by atoms with Gasteiger partial charge in [0.15, 0.2) is 0 Å². The van der Waals surface area contributed by atoms with Crippen molar-refractivity contribution in [2.24, 2.45) is 0 Å². The predicted octanol–water partition coefficient (Wildman–Crippen LogP) is 5.90. The molecule has 0 aliphatic carbocycles. The zero-order chi connectivity index (χ0) is 14.0. The molecular weight excluding hydrogens is 407 g/mol. The monoisotopic (exact) mass is 413 g/mol. The number of benzene rings is 1. The summed E-state index contributed by atoms with van der Waals surface area (Å²) in [6.07, 6.45) is -4.33. The summed E-state index contributed by atoms with van der Waals surface area (Å²) in [7, 11) is 0. The molecule has 1 nitrogen and oxygen atoms in total. The first kappa shape index (κ1) is 14.9. The lowest BCUT2D eigenvalue weighted by Crippen LogP contribution is -2.06. The molecule has 0 amide bonds. The number of alkyl halides is 3. The second kappa shape index (κ2) is 5.85. The van der Waals surface area contributed by atoms with Crippen molar-refractivity contribution in [2.45, 2.75) is 12.7 Å². The highest BCUT2D eigenvalue weighted by atomic mass is 79.9. The summed E-state index contributed by atoms with van der Waals surface area (Å²) in [6, 6.07) is 5.46. The van der Waals surface area contributed by atoms with E-state index < -0.39 is 11.7 Å². The second-order valence-electron chi connectivity index (χ2n) is 3.74. The van der Waals surface area contributed by atoms with Crippen molar-refractivity contribution in [3.05, 3.63) is 49.0 Å². The maximum absolute atomic E-state index is 12.6. The molecule has 0 atom stereocenters. The Bertz CT molecular complexity index is 581. The molecule has 1 heterocycles. The van der Waals surface area contributed by atoms with Crippen LogP contribution in [0.5, 0.6) is 0 Å². The van der Waals surface area contributed by atoms with E-state index in [9.17, 15) is 13.2 Å². The van der Waals surface area contributed by atoms with E-state index in [1.807, 2.05) is 11.4 Å². The van der Waals surface area contributed by atoms with Gasteiger partial charge in [0.05, 0.1) is 12.1 Å². The number of thiophene rings is 1. The van der Waals surface area contributed by atoms with E-state index in [1.165, 1.54) is 17.4 Å². The van der Waals surface area contributed by atoms with Crippen LogP contribution in [-0.4, -0.2) is 0 Å². The molecule has 0 radical (unpaired) electrons. The molecule has 1 aromatic heterocycles. The van der Waals surface area contributed by atoms with E-state index in [2.05, 4.69) is 37.2 Å². The third-order valence-corrected chi connectivity index (χ3v) is 5.04. The molecule has 0 fully saturated rings. The Morgan fingerprint density at radius 1 is 1.11 bits per heavy atom. The molecule has 1 N–H and O–H groups in total. The van der Waals surface area contributed by atoms with Crippen molar-refractivity contribution < 1.29 is 13.2 Å². The van der Waals surface area contributed by atoms with E-state index in [0.717, 1.165) is 21.5 Å². The number of anilines is 1. The van der Waals surface area contributed by atoms with Crippen LogP contribution in [0.4, 0.5) is 18.9 Å². The van der Waals surface area contributed by atoms with E-state index >= 15 is 0 Å². The van der Waals surface area contributed by atoms with Gasteiger partial charge in [0.25, 0.3) is 0 Å². The van der Waals surface area contributed by atoms with Crippen LogP contribution in [0.25, 0.3) is 0 Å². The van der Waals surface area contributed by atoms with E-state index in [4.69, 9.17) is 0 Å². The largest absolute Gasteiger partial charge is 0.416 e. The Morgan fingerprint density at radius 3 is 2.42 bits per heavy atom. The van der Waals surface area contributed by atoms with Crippen molar-refractivity contribution >= 4 is 48.9 Å². The molecule has 0 aliphatic rings. The maximum Gasteiger partial charge on any atom is 0.416 e. The van der Waals surface area contributed by atoms with Crippen LogP contribution in [0, 0.1) is 0 Å². The van der Waals surface area contributed by atoms with Gasteiger partial charge < -0.3 is 5.32 Å². The number of hydrogen-bond donors (Lipinski definition) is 1. The number of halogens is 5. The van der Waals surface area contributed by atoms with Gasteiger partial charge in [0.1, 0.15) is 0 Å². The van der Waals surface area contributed by atoms with Crippen molar-refractivity contribution in [1.29, 1.82) is 0 Å². The fourth-order valence-electron chi connectivity index (χ4n) is 1.46. The smallest absolute Gasteiger partial charge is 0.379 e. The van der Waals surface area contributed by atoms with Crippen LogP contribution in [0.2, 0.25) is 0 Å². The minimum Gasteiger partial charge on any atom is -0.379 e. The molecule has 2 rings (SSSR count). The Balaban J connectivity index is 2.18. The molecule has 7 heteroatoms. The summed E-state index contributed by atoms with van der Waals surface area (Å²) in [6.45, 7) is 0.470. The maximum atomic E-state index is 12.6. The van der Waals surface area contributed by atoms with Crippen LogP contribution in [-0.2, 0) is 12.7 Å². The summed E-state index contributed by atoms with van der Waals surface area (Å²) >= 11 is 8.16. The molecule has 2 aromatic rings. The molecule has 0 unspecified atom stereocenters. The lowest BCUT2D eigenvalue weighted by atomic mass is 10.2. The Kier molecular flexibility index (Phi) is 4.58. The van der Waals surface area contributed by atoms with Gasteiger partial charge in [-0.15, -0.1) is 11.3 Å². The summed E-state index contributed by atoms with van der Waals surface area (Å²) in [4.78, 5) is 1.03. The second-order valence-corrected chi connectivity index (χ2v) is 6.45. The molecule has 0 saturated heterocycles. The highest BCUT2D eigenvalue weighted by Gasteiger charge is 2.30. The third-order valence-electron chi connectivity index (χ3n) is 2.42. The minimum absolute atomic E-state index is 0.426. The lowest BCUT2D eigenvalue weighted by Gasteiger charge is -2.12. The minimum atomic E-state index is -4.33. The van der Waals surface area contributed by atoms with E-state index in [-0.39, 0.29) is 0 Å². The van der Waals surface area contributed by atoms with Crippen molar-refractivity contribution in [3.63, 3.8) is 0 Å². The van der Waals surface area contributed by atoms with Gasteiger partial charge in [-0.25, -0.2) is 0 Å². The third kappa shape index (κ3) is 3.73. The molecule has 0 saturated carbocycles. The Hall–Kier alpha value is -0.530. The van der Waals surface area contributed by atoms with Crippen molar-refractivity contribution in [3.8, 4) is 0 Å². The van der Waals surface area contributed by atoms with Gasteiger partial charge >= 0.3 is 6.18 Å². The quantitative estimate of drug-likeness (QED) is 0.658. The number of nitrogens with one attached hydrogen (secondary N) is 1. The molecule has 0 aliphatic heterocycles. The van der Waals surface area contributed by atoms with Crippen LogP contribution in [0.1, 0.15) is 10.4 Å². The van der Waals surface area contributed by atoms with Crippen LogP contribution < -0.4 is 5.32 Å². The average Bonchev–Trinajstić information content (AvgIpc) is 2.72. The Labute approximate surface area is 129 Å². The molecule has 0 spiro atoms. The summed E-state index contributed by atoms with van der Waals surface area (Å²) < 4.78 is 39.4. The van der Waals surface area contributed by atoms with Gasteiger partial charge in [0.2, 0.25) is 0 Å². The highest BCUT2D eigenvalue weighted by molar-refractivity contribution is 9.11. The SMILES string of the molecule is FC(F)(F)c1ccc(Br)c(NCc2sccc2Br)c1. The highest BCUT2D eigenvalue weighted by Crippen LogP contribution is 2.34. The molecule has 1 aromatic carbocycles. The molecule has 102 valence electrons. The average molecular weight is 415 g/mol. The van der Waals surface area contributed by atoms with E-state index in [1.54, 1.807) is 0 Å². The van der Waals surface area contributed by atoms with Gasteiger partial charge in [-0.3, -0.25) is 0 Å². The van der Waals surface area contributed by atoms with Crippen molar-refractivity contribution in [2.75, 3.05) is 5.32 Å². The first-order valence-corrected chi connectivity index (χ1v) is 7.67. The molecule has 19 heavy (non-hydrogen) atoms. The molecular formula is C12H8Br2F3NS. The topological polar surface area (TPSA) is 12.0 Å². The van der Waals surface area contributed by atoms with Gasteiger partial charge in [-0.2, -0.15) is 13.2 Å². The standard InChI is InChI=1S/C12H8Br2F3NS/c13-8-2-1-7(12(15,16)17)5-10(8)18-6-11-9(14)3-4-19-11/h1-5,18H,6H2. The Morgan fingerprint density at radius 2 is 1.84 bits per heavy atom. The fraction of sp³-hybridized carbons (Fsp3) is 0.167. The first-order valence-electron chi connectivity index (χ1n) is 5.20. The summed E-state index contributed by atoms with van der Waals surface area (Å²) in [5, 5.41) is 4.92. The lowest BCUT2D eigenvalue weighted by molar-refractivity contribution is -0.137. The van der Waals surface area contributed by atoms with Crippen molar-refractivity contribution in [1.82, 2.24) is 0 Å². The molecule has 0 bridgehead atoms. The number of rotatable bonds is 3. The van der Waals surface area contributed by atoms with Crippen LogP contribution in [0.3, 0.4) is 0 Å². The van der Waals surface area contributed by atoms with Crippen LogP contribution >= 0.6 is 43.2 Å². The summed E-state index contributed by atoms with van der Waals surface area (Å²) in [5.74, 6) is 0. The van der Waals surface area contributed by atoms with Gasteiger partial charge in [0, 0.05) is 19.5 Å². The van der Waals surface area contributed by atoms with E-state index in [0.29, 0.717) is 16.7 Å². The zero-order valence-corrected chi connectivity index (χ0v) is 13.4. The zero-order valence-electron chi connectivity index (χ0n) is 9.39. The summed E-state index contributed by atoms with van der Waals surface area (Å²) in [5.41, 5.74) is -0.237.